The van der Waals surface area contributed by atoms with E-state index < -0.39 is 12.0 Å². The van der Waals surface area contributed by atoms with Gasteiger partial charge >= 0.3 is 5.97 Å². The third-order valence-corrected chi connectivity index (χ3v) is 1.59. The van der Waals surface area contributed by atoms with Crippen molar-refractivity contribution < 1.29 is 14.1 Å². The maximum absolute atomic E-state index is 10.1. The molecule has 0 aliphatic carbocycles. The van der Waals surface area contributed by atoms with Crippen LogP contribution in [0.4, 0.5) is 0 Å². The van der Waals surface area contributed by atoms with E-state index in [1.54, 1.807) is 11.8 Å². The number of thioether (sulfide) groups is 1. The quantitative estimate of drug-likeness (QED) is 0.613. The lowest BCUT2D eigenvalue weighted by atomic mass is 10.2. The summed E-state index contributed by atoms with van der Waals surface area (Å²) in [6.07, 6.45) is 2.48. The highest BCUT2D eigenvalue weighted by Crippen LogP contribution is 1.97. The minimum Gasteiger partial charge on any atom is -0.480 e. The Morgan fingerprint density at radius 2 is 2.17 bits per heavy atom. The summed E-state index contributed by atoms with van der Waals surface area (Å²) >= 11 is 1.35. The fourth-order valence-corrected chi connectivity index (χ4v) is 0.858. The molecule has 5 nitrogen and oxygen atoms in total. The first-order chi connectivity index (χ1) is 5.59. The van der Waals surface area contributed by atoms with Crippen LogP contribution in [0.3, 0.4) is 0 Å². The van der Waals surface area contributed by atoms with Crippen molar-refractivity contribution in [1.29, 1.82) is 4.78 Å². The largest absolute Gasteiger partial charge is 0.480 e. The summed E-state index contributed by atoms with van der Waals surface area (Å²) in [5, 5.41) is 8.27. The zero-order valence-electron chi connectivity index (χ0n) is 6.65. The first-order valence-electron chi connectivity index (χ1n) is 3.03. The second-order valence-electron chi connectivity index (χ2n) is 1.81. The summed E-state index contributed by atoms with van der Waals surface area (Å²) in [4.78, 5) is 10.1. The topological polar surface area (TPSA) is 104 Å². The van der Waals surface area contributed by atoms with E-state index in [0.29, 0.717) is 6.42 Å². The number of nitrogens with one attached hydrogen (secondary N) is 1. The molecule has 0 heterocycles. The molecule has 7 heteroatoms. The minimum absolute atomic E-state index is 0.250. The van der Waals surface area contributed by atoms with E-state index in [2.05, 4.69) is 0 Å². The van der Waals surface area contributed by atoms with E-state index in [4.69, 9.17) is 19.8 Å². The van der Waals surface area contributed by atoms with Gasteiger partial charge in [-0.15, -0.1) is 0 Å². The molecule has 0 aromatic carbocycles. The van der Waals surface area contributed by atoms with Crippen molar-refractivity contribution in [3.63, 3.8) is 0 Å². The third-order valence-electron chi connectivity index (χ3n) is 0.950. The number of carboxylic acids is 1. The number of hydrogen-bond acceptors (Lipinski definition) is 5. The Bertz CT molecular complexity index is 159. The van der Waals surface area contributed by atoms with Crippen LogP contribution in [0.1, 0.15) is 6.42 Å². The number of carboxylic acid groups (broad SMARTS) is 1. The van der Waals surface area contributed by atoms with Gasteiger partial charge in [-0.05, 0) is 18.4 Å². The molecule has 0 aromatic heterocycles. The van der Waals surface area contributed by atoms with Crippen LogP contribution in [0.25, 0.3) is 0 Å². The van der Waals surface area contributed by atoms with Crippen LogP contribution in [0.5, 0.6) is 0 Å². The summed E-state index contributed by atoms with van der Waals surface area (Å²) in [5.41, 5.74) is 5.19. The highest BCUT2D eigenvalue weighted by Gasteiger charge is 2.08. The van der Waals surface area contributed by atoms with Gasteiger partial charge in [0.05, 0.1) is 0 Å². The molecule has 12 heavy (non-hydrogen) atoms. The normalized spacial score (nSPS) is 10.8. The summed E-state index contributed by atoms with van der Waals surface area (Å²) in [6.45, 7) is 0. The summed E-state index contributed by atoms with van der Waals surface area (Å²) < 4.78 is 14.1. The van der Waals surface area contributed by atoms with Crippen LogP contribution in [0.2, 0.25) is 0 Å². The van der Waals surface area contributed by atoms with Crippen LogP contribution >= 0.6 is 11.8 Å². The van der Waals surface area contributed by atoms with Crippen molar-refractivity contribution in [1.82, 2.24) is 0 Å². The van der Waals surface area contributed by atoms with E-state index in [0.717, 1.165) is 5.75 Å². The molecule has 0 saturated carbocycles. The van der Waals surface area contributed by atoms with Gasteiger partial charge in [-0.1, -0.05) is 0 Å². The van der Waals surface area contributed by atoms with Gasteiger partial charge < -0.3 is 10.8 Å². The van der Waals surface area contributed by atoms with Crippen LogP contribution < -0.4 is 5.73 Å². The maximum atomic E-state index is 10.1. The predicted octanol–water partition coefficient (Wildman–Crippen LogP) is 0.113. The number of hydrogen-bond donors (Lipinski definition) is 3. The highest BCUT2D eigenvalue weighted by atomic mass is 32.2. The van der Waals surface area contributed by atoms with Crippen LogP contribution in [-0.2, 0) is 16.3 Å². The lowest BCUT2D eigenvalue weighted by molar-refractivity contribution is -0.138. The first-order valence-corrected chi connectivity index (χ1v) is 5.16. The average molecular weight is 212 g/mol. The molecule has 0 unspecified atom stereocenters. The molecule has 1 atom stereocenters. The van der Waals surface area contributed by atoms with Crippen molar-refractivity contribution in [2.45, 2.75) is 12.5 Å². The van der Waals surface area contributed by atoms with E-state index >= 15 is 0 Å². The van der Waals surface area contributed by atoms with E-state index in [-0.39, 0.29) is 11.5 Å². The van der Waals surface area contributed by atoms with Crippen molar-refractivity contribution in [3.8, 4) is 0 Å². The van der Waals surface area contributed by atoms with Crippen molar-refractivity contribution in [2.75, 3.05) is 12.0 Å². The number of carbonyl (C=O) groups is 1. The zero-order chi connectivity index (χ0) is 9.98. The van der Waals surface area contributed by atoms with E-state index in [1.807, 2.05) is 6.26 Å². The lowest BCUT2D eigenvalue weighted by Gasteiger charge is -2.02. The van der Waals surface area contributed by atoms with Crippen LogP contribution in [0.15, 0.2) is 0 Å². The smallest absolute Gasteiger partial charge is 0.320 e. The molecule has 0 rings (SSSR count). The molecule has 0 bridgehead atoms. The third kappa shape index (κ3) is 12.3. The van der Waals surface area contributed by atoms with Crippen molar-refractivity contribution >= 4 is 29.2 Å². The summed E-state index contributed by atoms with van der Waals surface area (Å²) in [6, 6.07) is -0.683. The second-order valence-corrected chi connectivity index (χ2v) is 2.96. The Kier molecular flexibility index (Phi) is 12.5. The van der Waals surface area contributed by atoms with Gasteiger partial charge in [0.2, 0.25) is 0 Å². The van der Waals surface area contributed by atoms with E-state index in [1.165, 1.54) is 0 Å². The van der Waals surface area contributed by atoms with Gasteiger partial charge in [0, 0.05) is 0 Å². The fraction of sp³-hybridized carbons (Fsp3) is 0.800. The monoisotopic (exact) mass is 212 g/mol. The molecule has 0 aliphatic rings. The standard InChI is InChI=1S/C5H11NO2S.HNOS/c1-9-3-2-4(6)5(7)8;1-3-2/h4H,2-3,6H2,1H3,(H,7,8);1H/t4-;/m0./s1. The lowest BCUT2D eigenvalue weighted by Crippen LogP contribution is -2.30. The van der Waals surface area contributed by atoms with Gasteiger partial charge in [0.25, 0.3) is 0 Å². The summed E-state index contributed by atoms with van der Waals surface area (Å²) in [5.74, 6) is -0.1000. The maximum Gasteiger partial charge on any atom is 0.320 e. The Morgan fingerprint density at radius 3 is 2.42 bits per heavy atom. The predicted molar refractivity (Wildman–Crippen MR) is 49.5 cm³/mol. The minimum atomic E-state index is -0.913. The van der Waals surface area contributed by atoms with Gasteiger partial charge in [-0.3, -0.25) is 4.79 Å². The van der Waals surface area contributed by atoms with Crippen molar-refractivity contribution in [2.24, 2.45) is 5.73 Å². The Labute approximate surface area is 78.8 Å². The molecule has 0 fully saturated rings. The number of rotatable bonds is 4. The Hall–Kier alpha value is -0.400. The second kappa shape index (κ2) is 10.6. The molecule has 4 N–H and O–H groups in total. The van der Waals surface area contributed by atoms with Gasteiger partial charge in [0.1, 0.15) is 6.04 Å². The SMILES string of the molecule is CSCC[C@H](N)C(=O)O.N=S=O. The molecule has 72 valence electrons. The van der Waals surface area contributed by atoms with Gasteiger partial charge in [0.15, 0.2) is 11.5 Å². The molecule has 0 aromatic rings. The molecular weight excluding hydrogens is 200 g/mol. The summed E-state index contributed by atoms with van der Waals surface area (Å²) in [7, 11) is 0. The number of aliphatic carboxylic acids is 1. The molecule has 0 saturated heterocycles. The fourth-order valence-electron chi connectivity index (χ4n) is 0.368. The highest BCUT2D eigenvalue weighted by molar-refractivity contribution is 7.98. The van der Waals surface area contributed by atoms with E-state index in [9.17, 15) is 4.79 Å². The molecule has 0 amide bonds. The molecule has 0 spiro atoms. The molecular formula is C5H12N2O3S2. The van der Waals surface area contributed by atoms with Crippen LogP contribution in [-0.4, -0.2) is 33.3 Å². The zero-order valence-corrected chi connectivity index (χ0v) is 8.28. The Morgan fingerprint density at radius 1 is 1.75 bits per heavy atom. The van der Waals surface area contributed by atoms with Crippen molar-refractivity contribution in [3.05, 3.63) is 0 Å². The number of nitrogens with two attached hydrogens (primary N) is 1. The molecule has 0 aliphatic heterocycles. The average Bonchev–Trinajstić information content (AvgIpc) is 2.01. The van der Waals surface area contributed by atoms with Crippen LogP contribution in [0, 0.1) is 4.78 Å². The van der Waals surface area contributed by atoms with Gasteiger partial charge in [-0.25, -0.2) is 4.78 Å². The van der Waals surface area contributed by atoms with Gasteiger partial charge in [-0.2, -0.15) is 16.0 Å². The Balaban J connectivity index is 0. The first kappa shape index (κ1) is 14.1. The molecule has 0 radical (unpaired) electrons.